The predicted molar refractivity (Wildman–Crippen MR) is 64.8 cm³/mol. The minimum Gasteiger partial charge on any atom is -0.393 e. The van der Waals surface area contributed by atoms with Gasteiger partial charge in [-0.25, -0.2) is 0 Å². The molecule has 1 rings (SSSR count). The van der Waals surface area contributed by atoms with E-state index < -0.39 is 0 Å². The van der Waals surface area contributed by atoms with Crippen LogP contribution in [0.1, 0.15) is 41.0 Å². The third-order valence-corrected chi connectivity index (χ3v) is 4.18. The fourth-order valence-electron chi connectivity index (χ4n) is 2.20. The van der Waals surface area contributed by atoms with Gasteiger partial charge in [0, 0.05) is 18.5 Å². The maximum atomic E-state index is 9.70. The fraction of sp³-hybridized carbons (Fsp3) is 1.00. The first-order chi connectivity index (χ1) is 6.83. The van der Waals surface area contributed by atoms with E-state index in [4.69, 9.17) is 0 Å². The Morgan fingerprint density at radius 3 is 2.40 bits per heavy atom. The Morgan fingerprint density at radius 2 is 1.93 bits per heavy atom. The van der Waals surface area contributed by atoms with E-state index in [-0.39, 0.29) is 11.5 Å². The van der Waals surface area contributed by atoms with Crippen LogP contribution in [0.4, 0.5) is 0 Å². The van der Waals surface area contributed by atoms with Gasteiger partial charge in [-0.05, 0) is 31.7 Å². The van der Waals surface area contributed by atoms with Gasteiger partial charge in [-0.15, -0.1) is 0 Å². The van der Waals surface area contributed by atoms with E-state index in [1.54, 1.807) is 0 Å². The minimum atomic E-state index is -0.229. The summed E-state index contributed by atoms with van der Waals surface area (Å²) >= 11 is 0. The number of piperidine rings is 1. The fourth-order valence-corrected chi connectivity index (χ4v) is 2.20. The summed E-state index contributed by atoms with van der Waals surface area (Å²) in [7, 11) is 0. The third kappa shape index (κ3) is 3.46. The maximum absolute atomic E-state index is 9.70. The standard InChI is InChI=1S/C13H27NO/c1-10-6-7-14(8-11(10)2)9-13(4,5)12(3)15/h10-12,15H,6-9H2,1-5H3. The lowest BCUT2D eigenvalue weighted by Gasteiger charge is -2.40. The predicted octanol–water partition coefficient (Wildman–Crippen LogP) is 2.37. The van der Waals surface area contributed by atoms with Crippen molar-refractivity contribution in [2.45, 2.75) is 47.1 Å². The first kappa shape index (κ1) is 13.0. The van der Waals surface area contributed by atoms with Gasteiger partial charge in [-0.1, -0.05) is 27.7 Å². The Bertz CT molecular complexity index is 201. The molecular formula is C13H27NO. The third-order valence-electron chi connectivity index (χ3n) is 4.18. The molecule has 0 spiro atoms. The van der Waals surface area contributed by atoms with Gasteiger partial charge in [0.15, 0.2) is 0 Å². The van der Waals surface area contributed by atoms with Gasteiger partial charge in [0.05, 0.1) is 6.10 Å². The van der Waals surface area contributed by atoms with Gasteiger partial charge in [0.1, 0.15) is 0 Å². The monoisotopic (exact) mass is 213 g/mol. The summed E-state index contributed by atoms with van der Waals surface area (Å²) in [6, 6.07) is 0. The van der Waals surface area contributed by atoms with E-state index in [9.17, 15) is 5.11 Å². The average molecular weight is 213 g/mol. The summed E-state index contributed by atoms with van der Waals surface area (Å²) < 4.78 is 0. The highest BCUT2D eigenvalue weighted by Gasteiger charge is 2.30. The van der Waals surface area contributed by atoms with Crippen molar-refractivity contribution in [2.24, 2.45) is 17.3 Å². The van der Waals surface area contributed by atoms with Crippen molar-refractivity contribution >= 4 is 0 Å². The minimum absolute atomic E-state index is 0.0142. The highest BCUT2D eigenvalue weighted by atomic mass is 16.3. The molecular weight excluding hydrogens is 186 g/mol. The van der Waals surface area contributed by atoms with Crippen LogP contribution in [0.5, 0.6) is 0 Å². The number of likely N-dealkylation sites (tertiary alicyclic amines) is 1. The van der Waals surface area contributed by atoms with Crippen molar-refractivity contribution in [1.29, 1.82) is 0 Å². The quantitative estimate of drug-likeness (QED) is 0.778. The molecule has 1 N–H and O–H groups in total. The van der Waals surface area contributed by atoms with E-state index in [0.29, 0.717) is 0 Å². The molecule has 1 heterocycles. The molecule has 1 fully saturated rings. The molecule has 2 nitrogen and oxygen atoms in total. The molecule has 90 valence electrons. The van der Waals surface area contributed by atoms with Crippen LogP contribution in [-0.4, -0.2) is 35.7 Å². The van der Waals surface area contributed by atoms with Crippen LogP contribution in [0, 0.1) is 17.3 Å². The van der Waals surface area contributed by atoms with Crippen molar-refractivity contribution in [2.75, 3.05) is 19.6 Å². The zero-order valence-electron chi connectivity index (χ0n) is 11.0. The molecule has 0 amide bonds. The van der Waals surface area contributed by atoms with Crippen LogP contribution in [0.2, 0.25) is 0 Å². The highest BCUT2D eigenvalue weighted by Crippen LogP contribution is 2.27. The molecule has 1 saturated heterocycles. The van der Waals surface area contributed by atoms with Crippen LogP contribution in [0.3, 0.4) is 0 Å². The molecule has 0 bridgehead atoms. The molecule has 0 aromatic carbocycles. The van der Waals surface area contributed by atoms with Crippen molar-refractivity contribution in [1.82, 2.24) is 4.90 Å². The summed E-state index contributed by atoms with van der Waals surface area (Å²) in [5.41, 5.74) is 0.0142. The molecule has 1 aliphatic rings. The largest absolute Gasteiger partial charge is 0.393 e. The summed E-state index contributed by atoms with van der Waals surface area (Å²) in [6.45, 7) is 14.3. The van der Waals surface area contributed by atoms with E-state index in [1.807, 2.05) is 6.92 Å². The second-order valence-electron chi connectivity index (χ2n) is 6.14. The lowest BCUT2D eigenvalue weighted by atomic mass is 9.83. The molecule has 15 heavy (non-hydrogen) atoms. The number of aliphatic hydroxyl groups is 1. The Hall–Kier alpha value is -0.0800. The average Bonchev–Trinajstić information content (AvgIpc) is 2.10. The van der Waals surface area contributed by atoms with Crippen molar-refractivity contribution in [3.05, 3.63) is 0 Å². The van der Waals surface area contributed by atoms with Gasteiger partial charge in [0.25, 0.3) is 0 Å². The summed E-state index contributed by atoms with van der Waals surface area (Å²) in [5.74, 6) is 1.65. The number of hydrogen-bond acceptors (Lipinski definition) is 2. The van der Waals surface area contributed by atoms with Crippen LogP contribution in [-0.2, 0) is 0 Å². The van der Waals surface area contributed by atoms with Crippen molar-refractivity contribution in [3.8, 4) is 0 Å². The van der Waals surface area contributed by atoms with E-state index >= 15 is 0 Å². The summed E-state index contributed by atoms with van der Waals surface area (Å²) in [4.78, 5) is 2.51. The van der Waals surface area contributed by atoms with E-state index in [1.165, 1.54) is 19.5 Å². The first-order valence-electron chi connectivity index (χ1n) is 6.23. The number of rotatable bonds is 3. The van der Waals surface area contributed by atoms with Crippen molar-refractivity contribution in [3.63, 3.8) is 0 Å². The van der Waals surface area contributed by atoms with Gasteiger partial charge in [-0.2, -0.15) is 0 Å². The molecule has 0 aliphatic carbocycles. The molecule has 3 unspecified atom stereocenters. The summed E-state index contributed by atoms with van der Waals surface area (Å²) in [5, 5.41) is 9.70. The second-order valence-corrected chi connectivity index (χ2v) is 6.14. The van der Waals surface area contributed by atoms with Crippen LogP contribution in [0.25, 0.3) is 0 Å². The second kappa shape index (κ2) is 4.84. The lowest BCUT2D eigenvalue weighted by Crippen LogP contribution is -2.46. The zero-order chi connectivity index (χ0) is 11.6. The van der Waals surface area contributed by atoms with Crippen LogP contribution >= 0.6 is 0 Å². The normalized spacial score (nSPS) is 31.6. The molecule has 1 aliphatic heterocycles. The number of nitrogens with zero attached hydrogens (tertiary/aromatic N) is 1. The van der Waals surface area contributed by atoms with E-state index in [0.717, 1.165) is 18.4 Å². The number of aliphatic hydroxyl groups excluding tert-OH is 1. The Labute approximate surface area is 94.7 Å². The molecule has 0 radical (unpaired) electrons. The summed E-state index contributed by atoms with van der Waals surface area (Å²) in [6.07, 6.45) is 1.07. The molecule has 3 atom stereocenters. The highest BCUT2D eigenvalue weighted by molar-refractivity contribution is 4.82. The Morgan fingerprint density at radius 1 is 1.33 bits per heavy atom. The van der Waals surface area contributed by atoms with Crippen molar-refractivity contribution < 1.29 is 5.11 Å². The van der Waals surface area contributed by atoms with Gasteiger partial charge in [-0.3, -0.25) is 0 Å². The Balaban J connectivity index is 2.46. The van der Waals surface area contributed by atoms with Crippen LogP contribution in [0.15, 0.2) is 0 Å². The molecule has 0 saturated carbocycles. The van der Waals surface area contributed by atoms with Gasteiger partial charge in [0.2, 0.25) is 0 Å². The SMILES string of the molecule is CC1CCN(CC(C)(C)C(C)O)CC1C. The van der Waals surface area contributed by atoms with Crippen LogP contribution < -0.4 is 0 Å². The smallest absolute Gasteiger partial charge is 0.0575 e. The molecule has 2 heteroatoms. The lowest BCUT2D eigenvalue weighted by molar-refractivity contribution is 0.0167. The first-order valence-corrected chi connectivity index (χ1v) is 6.23. The topological polar surface area (TPSA) is 23.5 Å². The van der Waals surface area contributed by atoms with Gasteiger partial charge >= 0.3 is 0 Å². The van der Waals surface area contributed by atoms with E-state index in [2.05, 4.69) is 32.6 Å². The molecule has 0 aromatic heterocycles. The number of hydrogen-bond donors (Lipinski definition) is 1. The Kier molecular flexibility index (Phi) is 4.19. The maximum Gasteiger partial charge on any atom is 0.0575 e. The molecule has 0 aromatic rings. The zero-order valence-corrected chi connectivity index (χ0v) is 11.0. The van der Waals surface area contributed by atoms with Gasteiger partial charge < -0.3 is 10.0 Å².